The van der Waals surface area contributed by atoms with E-state index in [1.54, 1.807) is 0 Å². The molecule has 0 radical (unpaired) electrons. The molecular formula is C18H28N2. The van der Waals surface area contributed by atoms with Crippen molar-refractivity contribution in [2.75, 3.05) is 19.6 Å². The van der Waals surface area contributed by atoms with Gasteiger partial charge in [-0.2, -0.15) is 0 Å². The van der Waals surface area contributed by atoms with Crippen molar-refractivity contribution in [3.63, 3.8) is 0 Å². The highest BCUT2D eigenvalue weighted by Crippen LogP contribution is 2.33. The van der Waals surface area contributed by atoms with Crippen LogP contribution in [0.15, 0.2) is 30.3 Å². The quantitative estimate of drug-likeness (QED) is 0.879. The highest BCUT2D eigenvalue weighted by Gasteiger charge is 2.34. The summed E-state index contributed by atoms with van der Waals surface area (Å²) in [4.78, 5) is 0. The lowest BCUT2D eigenvalue weighted by molar-refractivity contribution is 0.264. The maximum atomic E-state index is 3.90. The van der Waals surface area contributed by atoms with E-state index in [4.69, 9.17) is 0 Å². The summed E-state index contributed by atoms with van der Waals surface area (Å²) in [6, 6.07) is 11.9. The predicted molar refractivity (Wildman–Crippen MR) is 85.1 cm³/mol. The van der Waals surface area contributed by atoms with Gasteiger partial charge >= 0.3 is 0 Å². The molecule has 1 heterocycles. The van der Waals surface area contributed by atoms with Gasteiger partial charge in [-0.05, 0) is 44.3 Å². The molecule has 0 aromatic heterocycles. The van der Waals surface area contributed by atoms with Gasteiger partial charge in [0.15, 0.2) is 0 Å². The first-order valence-corrected chi connectivity index (χ1v) is 8.39. The highest BCUT2D eigenvalue weighted by atomic mass is 14.9. The SMILES string of the molecule is c1ccc(C2(CNC3CCCCC3)CCNCC2)cc1. The van der Waals surface area contributed by atoms with Crippen molar-refractivity contribution < 1.29 is 0 Å². The normalized spacial score (nSPS) is 23.6. The summed E-state index contributed by atoms with van der Waals surface area (Å²) in [5.74, 6) is 0. The molecule has 1 aromatic rings. The van der Waals surface area contributed by atoms with E-state index in [2.05, 4.69) is 41.0 Å². The van der Waals surface area contributed by atoms with Gasteiger partial charge in [0.2, 0.25) is 0 Å². The number of benzene rings is 1. The average molecular weight is 272 g/mol. The lowest BCUT2D eigenvalue weighted by atomic mass is 9.73. The molecule has 0 atom stereocenters. The van der Waals surface area contributed by atoms with E-state index in [9.17, 15) is 0 Å². The fourth-order valence-electron chi connectivity index (χ4n) is 3.91. The Morgan fingerprint density at radius 1 is 1.00 bits per heavy atom. The van der Waals surface area contributed by atoms with E-state index in [1.165, 1.54) is 50.5 Å². The molecule has 1 saturated heterocycles. The van der Waals surface area contributed by atoms with Gasteiger partial charge in [0.1, 0.15) is 0 Å². The van der Waals surface area contributed by atoms with Gasteiger partial charge in [-0.25, -0.2) is 0 Å². The first kappa shape index (κ1) is 14.1. The molecule has 0 bridgehead atoms. The Balaban J connectivity index is 1.69. The van der Waals surface area contributed by atoms with Gasteiger partial charge < -0.3 is 10.6 Å². The monoisotopic (exact) mass is 272 g/mol. The van der Waals surface area contributed by atoms with Crippen LogP contribution < -0.4 is 10.6 Å². The standard InChI is InChI=1S/C18H28N2/c1-3-7-16(8-4-1)18(11-13-19-14-12-18)15-20-17-9-5-2-6-10-17/h1,3-4,7-8,17,19-20H,2,5-6,9-15H2. The van der Waals surface area contributed by atoms with Crippen LogP contribution in [-0.2, 0) is 5.41 Å². The zero-order valence-corrected chi connectivity index (χ0v) is 12.5. The maximum Gasteiger partial charge on any atom is 0.0102 e. The minimum absolute atomic E-state index is 0.351. The van der Waals surface area contributed by atoms with Gasteiger partial charge in [-0.3, -0.25) is 0 Å². The lowest BCUT2D eigenvalue weighted by Gasteiger charge is -2.40. The Morgan fingerprint density at radius 2 is 1.70 bits per heavy atom. The van der Waals surface area contributed by atoms with Crippen molar-refractivity contribution in [3.8, 4) is 0 Å². The number of rotatable bonds is 4. The maximum absolute atomic E-state index is 3.90. The van der Waals surface area contributed by atoms with Crippen molar-refractivity contribution in [1.29, 1.82) is 0 Å². The third-order valence-electron chi connectivity index (χ3n) is 5.28. The highest BCUT2D eigenvalue weighted by molar-refractivity contribution is 5.27. The molecule has 1 aliphatic heterocycles. The van der Waals surface area contributed by atoms with Crippen LogP contribution in [0.4, 0.5) is 0 Å². The van der Waals surface area contributed by atoms with Crippen molar-refractivity contribution in [2.45, 2.75) is 56.4 Å². The second-order valence-electron chi connectivity index (χ2n) is 6.61. The minimum atomic E-state index is 0.351. The van der Waals surface area contributed by atoms with E-state index < -0.39 is 0 Å². The van der Waals surface area contributed by atoms with Gasteiger partial charge in [0, 0.05) is 18.0 Å². The minimum Gasteiger partial charge on any atom is -0.317 e. The van der Waals surface area contributed by atoms with Gasteiger partial charge in [-0.1, -0.05) is 49.6 Å². The first-order chi connectivity index (χ1) is 9.89. The van der Waals surface area contributed by atoms with E-state index >= 15 is 0 Å². The Morgan fingerprint density at radius 3 is 2.40 bits per heavy atom. The zero-order valence-electron chi connectivity index (χ0n) is 12.5. The smallest absolute Gasteiger partial charge is 0.0102 e. The summed E-state index contributed by atoms with van der Waals surface area (Å²) in [7, 11) is 0. The topological polar surface area (TPSA) is 24.1 Å². The third kappa shape index (κ3) is 3.24. The van der Waals surface area contributed by atoms with Crippen LogP contribution in [0.2, 0.25) is 0 Å². The Kier molecular flexibility index (Phi) is 4.74. The molecule has 1 aromatic carbocycles. The van der Waals surface area contributed by atoms with Crippen LogP contribution in [-0.4, -0.2) is 25.7 Å². The molecule has 2 heteroatoms. The van der Waals surface area contributed by atoms with Crippen molar-refractivity contribution in [3.05, 3.63) is 35.9 Å². The Hall–Kier alpha value is -0.860. The fraction of sp³-hybridized carbons (Fsp3) is 0.667. The van der Waals surface area contributed by atoms with Crippen LogP contribution in [0.25, 0.3) is 0 Å². The van der Waals surface area contributed by atoms with Crippen LogP contribution in [0.1, 0.15) is 50.5 Å². The second-order valence-corrected chi connectivity index (χ2v) is 6.61. The summed E-state index contributed by atoms with van der Waals surface area (Å²) in [6.45, 7) is 3.46. The van der Waals surface area contributed by atoms with Crippen molar-refractivity contribution in [1.82, 2.24) is 10.6 Å². The molecule has 0 unspecified atom stereocenters. The fourth-order valence-corrected chi connectivity index (χ4v) is 3.91. The number of hydrogen-bond acceptors (Lipinski definition) is 2. The van der Waals surface area contributed by atoms with Gasteiger partial charge in [0.05, 0.1) is 0 Å². The molecule has 1 aliphatic carbocycles. The molecule has 0 amide bonds. The number of nitrogens with one attached hydrogen (secondary N) is 2. The summed E-state index contributed by atoms with van der Waals surface area (Å²) >= 11 is 0. The number of hydrogen-bond donors (Lipinski definition) is 2. The Bertz CT molecular complexity index is 389. The molecule has 2 fully saturated rings. The van der Waals surface area contributed by atoms with E-state index in [0.717, 1.165) is 25.7 Å². The molecule has 1 saturated carbocycles. The van der Waals surface area contributed by atoms with Crippen LogP contribution >= 0.6 is 0 Å². The lowest BCUT2D eigenvalue weighted by Crippen LogP contribution is -2.48. The molecule has 2 nitrogen and oxygen atoms in total. The third-order valence-corrected chi connectivity index (χ3v) is 5.28. The van der Waals surface area contributed by atoms with Gasteiger partial charge in [0.25, 0.3) is 0 Å². The summed E-state index contributed by atoms with van der Waals surface area (Å²) < 4.78 is 0. The summed E-state index contributed by atoms with van der Waals surface area (Å²) in [5, 5.41) is 7.42. The van der Waals surface area contributed by atoms with Crippen LogP contribution in [0.5, 0.6) is 0 Å². The first-order valence-electron chi connectivity index (χ1n) is 8.39. The summed E-state index contributed by atoms with van der Waals surface area (Å²) in [6.07, 6.45) is 9.54. The molecule has 20 heavy (non-hydrogen) atoms. The Labute approximate surface area is 123 Å². The largest absolute Gasteiger partial charge is 0.317 e. The van der Waals surface area contributed by atoms with Crippen LogP contribution in [0, 0.1) is 0 Å². The predicted octanol–water partition coefficient (Wildman–Crippen LogP) is 3.23. The molecule has 2 aliphatic rings. The molecule has 0 spiro atoms. The van der Waals surface area contributed by atoms with E-state index in [0.29, 0.717) is 5.41 Å². The van der Waals surface area contributed by atoms with Crippen molar-refractivity contribution in [2.24, 2.45) is 0 Å². The van der Waals surface area contributed by atoms with Gasteiger partial charge in [-0.15, -0.1) is 0 Å². The number of piperidine rings is 1. The van der Waals surface area contributed by atoms with Crippen molar-refractivity contribution >= 4 is 0 Å². The van der Waals surface area contributed by atoms with Crippen LogP contribution in [0.3, 0.4) is 0 Å². The summed E-state index contributed by atoms with van der Waals surface area (Å²) in [5.41, 5.74) is 1.88. The molecule has 2 N–H and O–H groups in total. The second kappa shape index (κ2) is 6.73. The molecule has 110 valence electrons. The molecule has 3 rings (SSSR count). The average Bonchev–Trinajstić information content (AvgIpc) is 2.56. The molecular weight excluding hydrogens is 244 g/mol. The van der Waals surface area contributed by atoms with E-state index in [1.807, 2.05) is 0 Å². The van der Waals surface area contributed by atoms with E-state index in [-0.39, 0.29) is 0 Å². The zero-order chi connectivity index (χ0) is 13.7.